The Hall–Kier alpha value is -1.85. The van der Waals surface area contributed by atoms with E-state index in [4.69, 9.17) is 5.11 Å². The summed E-state index contributed by atoms with van der Waals surface area (Å²) in [5.41, 5.74) is -0.431. The molecular weight excluding hydrogens is 196 g/mol. The lowest BCUT2D eigenvalue weighted by atomic mass is 10.1. The molecule has 4 nitrogen and oxygen atoms in total. The second-order valence-corrected chi connectivity index (χ2v) is 2.45. The number of halogens is 2. The van der Waals surface area contributed by atoms with Crippen LogP contribution in [0.1, 0.15) is 10.4 Å². The summed E-state index contributed by atoms with van der Waals surface area (Å²) in [6, 6.07) is 2.34. The van der Waals surface area contributed by atoms with Gasteiger partial charge >= 0.3 is 11.9 Å². The molecule has 6 heteroatoms. The smallest absolute Gasteiger partial charge is 0.404 e. The topological polar surface area (TPSA) is 67.3 Å². The van der Waals surface area contributed by atoms with Crippen molar-refractivity contribution in [2.75, 3.05) is 0 Å². The molecule has 0 radical (unpaired) electrons. The lowest BCUT2D eigenvalue weighted by Gasteiger charge is -2.08. The van der Waals surface area contributed by atoms with E-state index < -0.39 is 23.2 Å². The zero-order valence-electron chi connectivity index (χ0n) is 6.78. The minimum atomic E-state index is -4.40. The first-order valence-electron chi connectivity index (χ1n) is 3.52. The molecule has 0 amide bonds. The van der Waals surface area contributed by atoms with E-state index >= 15 is 0 Å². The molecule has 1 heterocycles. The second-order valence-electron chi connectivity index (χ2n) is 2.45. The predicted molar refractivity (Wildman–Crippen MR) is 41.2 cm³/mol. The van der Waals surface area contributed by atoms with Crippen molar-refractivity contribution in [3.8, 4) is 0 Å². The molecule has 1 N–H and O–H groups in total. The molecule has 0 atom stereocenters. The van der Waals surface area contributed by atoms with Crippen molar-refractivity contribution in [2.24, 2.45) is 0 Å². The SMILES string of the molecule is O=C(O)C(F)(F)C(=O)c1cccnc1. The van der Waals surface area contributed by atoms with Gasteiger partial charge in [0.05, 0.1) is 0 Å². The monoisotopic (exact) mass is 201 g/mol. The first-order chi connectivity index (χ1) is 6.46. The Labute approximate surface area is 77.2 Å². The minimum absolute atomic E-state index is 0.431. The van der Waals surface area contributed by atoms with E-state index in [1.807, 2.05) is 0 Å². The van der Waals surface area contributed by atoms with E-state index in [2.05, 4.69) is 4.98 Å². The number of pyridine rings is 1. The number of alkyl halides is 2. The van der Waals surface area contributed by atoms with Crippen LogP contribution in [0.3, 0.4) is 0 Å². The zero-order valence-corrected chi connectivity index (χ0v) is 6.78. The van der Waals surface area contributed by atoms with Crippen molar-refractivity contribution in [3.05, 3.63) is 30.1 Å². The van der Waals surface area contributed by atoms with Gasteiger partial charge in [-0.25, -0.2) is 4.79 Å². The summed E-state index contributed by atoms with van der Waals surface area (Å²) in [6.45, 7) is 0. The van der Waals surface area contributed by atoms with Gasteiger partial charge in [-0.15, -0.1) is 0 Å². The number of hydrogen-bond donors (Lipinski definition) is 1. The van der Waals surface area contributed by atoms with E-state index in [0.29, 0.717) is 0 Å². The molecule has 0 aliphatic rings. The number of carboxylic acid groups (broad SMARTS) is 1. The summed E-state index contributed by atoms with van der Waals surface area (Å²) in [7, 11) is 0. The van der Waals surface area contributed by atoms with Gasteiger partial charge in [0.25, 0.3) is 0 Å². The number of carboxylic acids is 1. The number of carbonyl (C=O) groups excluding carboxylic acids is 1. The van der Waals surface area contributed by atoms with Gasteiger partial charge in [-0.05, 0) is 12.1 Å². The number of ketones is 1. The Morgan fingerprint density at radius 1 is 1.43 bits per heavy atom. The molecule has 0 aliphatic carbocycles. The maximum absolute atomic E-state index is 12.6. The number of rotatable bonds is 3. The number of aliphatic carboxylic acids is 1. The van der Waals surface area contributed by atoms with Gasteiger partial charge in [0.15, 0.2) is 0 Å². The molecule has 1 rings (SSSR count). The highest BCUT2D eigenvalue weighted by Crippen LogP contribution is 2.19. The summed E-state index contributed by atoms with van der Waals surface area (Å²) in [5.74, 6) is -8.63. The third kappa shape index (κ3) is 1.73. The maximum atomic E-state index is 12.6. The van der Waals surface area contributed by atoms with E-state index in [0.717, 1.165) is 12.3 Å². The Morgan fingerprint density at radius 2 is 2.07 bits per heavy atom. The van der Waals surface area contributed by atoms with E-state index in [1.54, 1.807) is 0 Å². The molecule has 74 valence electrons. The first kappa shape index (κ1) is 10.2. The normalized spacial score (nSPS) is 11.0. The lowest BCUT2D eigenvalue weighted by Crippen LogP contribution is -2.37. The van der Waals surface area contributed by atoms with Crippen LogP contribution < -0.4 is 0 Å². The molecule has 0 saturated carbocycles. The van der Waals surface area contributed by atoms with Gasteiger partial charge in [0.1, 0.15) is 0 Å². The molecule has 1 aromatic heterocycles. The number of nitrogens with zero attached hydrogens (tertiary/aromatic N) is 1. The van der Waals surface area contributed by atoms with Crippen LogP contribution >= 0.6 is 0 Å². The van der Waals surface area contributed by atoms with Crippen molar-refractivity contribution in [2.45, 2.75) is 5.92 Å². The molecule has 1 aromatic rings. The van der Waals surface area contributed by atoms with Crippen LogP contribution in [0.4, 0.5) is 8.78 Å². The highest BCUT2D eigenvalue weighted by Gasteiger charge is 2.47. The predicted octanol–water partition coefficient (Wildman–Crippen LogP) is 0.984. The van der Waals surface area contributed by atoms with Gasteiger partial charge in [-0.3, -0.25) is 9.78 Å². The van der Waals surface area contributed by atoms with Gasteiger partial charge in [0.2, 0.25) is 5.78 Å². The Kier molecular flexibility index (Phi) is 2.55. The van der Waals surface area contributed by atoms with Crippen LogP contribution in [0.25, 0.3) is 0 Å². The number of aromatic nitrogens is 1. The quantitative estimate of drug-likeness (QED) is 0.584. The number of carbonyl (C=O) groups is 2. The molecule has 0 aromatic carbocycles. The minimum Gasteiger partial charge on any atom is -0.476 e. The Morgan fingerprint density at radius 3 is 2.50 bits per heavy atom. The third-order valence-corrected chi connectivity index (χ3v) is 1.48. The van der Waals surface area contributed by atoms with E-state index in [-0.39, 0.29) is 0 Å². The maximum Gasteiger partial charge on any atom is 0.404 e. The highest BCUT2D eigenvalue weighted by molar-refractivity contribution is 6.13. The standard InChI is InChI=1S/C8H5F2NO3/c9-8(10,7(13)14)6(12)5-2-1-3-11-4-5/h1-4H,(H,13,14). The zero-order chi connectivity index (χ0) is 10.8. The summed E-state index contributed by atoms with van der Waals surface area (Å²) < 4.78 is 25.3. The van der Waals surface area contributed by atoms with Crippen LogP contribution in [0.2, 0.25) is 0 Å². The molecule has 0 saturated heterocycles. The number of hydrogen-bond acceptors (Lipinski definition) is 3. The molecular formula is C8H5F2NO3. The molecule has 0 unspecified atom stereocenters. The van der Waals surface area contributed by atoms with Crippen molar-refractivity contribution in [3.63, 3.8) is 0 Å². The van der Waals surface area contributed by atoms with Crippen molar-refractivity contribution in [1.29, 1.82) is 0 Å². The average molecular weight is 201 g/mol. The van der Waals surface area contributed by atoms with Gasteiger partial charge in [-0.1, -0.05) is 0 Å². The van der Waals surface area contributed by atoms with Crippen LogP contribution in [0, 0.1) is 0 Å². The second kappa shape index (κ2) is 3.49. The summed E-state index contributed by atoms with van der Waals surface area (Å²) >= 11 is 0. The fraction of sp³-hybridized carbons (Fsp3) is 0.125. The molecule has 0 aliphatic heterocycles. The lowest BCUT2D eigenvalue weighted by molar-refractivity contribution is -0.157. The highest BCUT2D eigenvalue weighted by atomic mass is 19.3. The Balaban J connectivity index is 3.03. The van der Waals surface area contributed by atoms with Crippen molar-refractivity contribution in [1.82, 2.24) is 4.98 Å². The largest absolute Gasteiger partial charge is 0.476 e. The van der Waals surface area contributed by atoms with Gasteiger partial charge in [-0.2, -0.15) is 8.78 Å². The fourth-order valence-corrected chi connectivity index (χ4v) is 0.775. The van der Waals surface area contributed by atoms with Gasteiger partial charge in [0, 0.05) is 18.0 Å². The average Bonchev–Trinajstić information content (AvgIpc) is 2.17. The fourth-order valence-electron chi connectivity index (χ4n) is 0.775. The van der Waals surface area contributed by atoms with Crippen LogP contribution in [0.15, 0.2) is 24.5 Å². The summed E-state index contributed by atoms with van der Waals surface area (Å²) in [4.78, 5) is 24.4. The van der Waals surface area contributed by atoms with E-state index in [9.17, 15) is 18.4 Å². The molecule has 14 heavy (non-hydrogen) atoms. The van der Waals surface area contributed by atoms with Crippen molar-refractivity contribution >= 4 is 11.8 Å². The first-order valence-corrected chi connectivity index (χ1v) is 3.52. The van der Waals surface area contributed by atoms with Crippen LogP contribution in [-0.2, 0) is 4.79 Å². The van der Waals surface area contributed by atoms with E-state index in [1.165, 1.54) is 12.3 Å². The number of Topliss-reactive ketones (excluding diaryl/α,β-unsaturated/α-hetero) is 1. The molecule has 0 fully saturated rings. The summed E-state index contributed by atoms with van der Waals surface area (Å²) in [5, 5.41) is 8.08. The summed E-state index contributed by atoms with van der Waals surface area (Å²) in [6.07, 6.45) is 2.18. The van der Waals surface area contributed by atoms with Crippen LogP contribution in [0.5, 0.6) is 0 Å². The van der Waals surface area contributed by atoms with Crippen molar-refractivity contribution < 1.29 is 23.5 Å². The molecule has 0 spiro atoms. The van der Waals surface area contributed by atoms with Crippen LogP contribution in [-0.4, -0.2) is 27.8 Å². The Bertz CT molecular complexity index is 364. The molecule has 0 bridgehead atoms. The third-order valence-electron chi connectivity index (χ3n) is 1.48. The van der Waals surface area contributed by atoms with Gasteiger partial charge < -0.3 is 5.11 Å².